The van der Waals surface area contributed by atoms with Crippen molar-refractivity contribution in [2.24, 2.45) is 7.05 Å². The van der Waals surface area contributed by atoms with E-state index < -0.39 is 23.3 Å². The molecule has 3 nitrogen and oxygen atoms in total. The summed E-state index contributed by atoms with van der Waals surface area (Å²) in [6.07, 6.45) is -4.69. The Labute approximate surface area is 99.8 Å². The molecule has 0 bridgehead atoms. The average molecular weight is 259 g/mol. The highest BCUT2D eigenvalue weighted by Gasteiger charge is 2.39. The van der Waals surface area contributed by atoms with Crippen LogP contribution in [0.5, 0.6) is 0 Å². The van der Waals surface area contributed by atoms with Gasteiger partial charge in [0.25, 0.3) is 0 Å². The summed E-state index contributed by atoms with van der Waals surface area (Å²) in [5.74, 6) is -1.00. The predicted octanol–water partition coefficient (Wildman–Crippen LogP) is 2.83. The van der Waals surface area contributed by atoms with Gasteiger partial charge in [-0.3, -0.25) is 4.68 Å². The van der Waals surface area contributed by atoms with E-state index in [-0.39, 0.29) is 11.4 Å². The second-order valence-corrected chi connectivity index (χ2v) is 3.71. The SMILES string of the molecule is Cn1nc(C(F)(F)F)c(-c2ccccc2F)c1N. The molecule has 0 atom stereocenters. The number of hydrogen-bond donors (Lipinski definition) is 1. The Morgan fingerprint density at radius 3 is 2.39 bits per heavy atom. The third-order valence-electron chi connectivity index (χ3n) is 2.50. The standard InChI is InChI=1S/C11H9F4N3/c1-18-10(16)8(9(17-18)11(13,14)15)6-4-2-3-5-7(6)12/h2-5H,16H2,1H3. The van der Waals surface area contributed by atoms with Crippen LogP contribution >= 0.6 is 0 Å². The molecule has 2 N–H and O–H groups in total. The maximum atomic E-state index is 13.6. The van der Waals surface area contributed by atoms with E-state index in [4.69, 9.17) is 5.73 Å². The van der Waals surface area contributed by atoms with Crippen LogP contribution in [0, 0.1) is 5.82 Å². The minimum absolute atomic E-state index is 0.213. The van der Waals surface area contributed by atoms with Gasteiger partial charge in [0.1, 0.15) is 11.6 Å². The minimum Gasteiger partial charge on any atom is -0.383 e. The summed E-state index contributed by atoms with van der Waals surface area (Å²) in [4.78, 5) is 0. The van der Waals surface area contributed by atoms with Crippen molar-refractivity contribution in [3.8, 4) is 11.1 Å². The van der Waals surface area contributed by atoms with Crippen LogP contribution in [0.15, 0.2) is 24.3 Å². The molecule has 1 aromatic heterocycles. The van der Waals surface area contributed by atoms with Gasteiger partial charge < -0.3 is 5.73 Å². The van der Waals surface area contributed by atoms with Crippen LogP contribution in [-0.4, -0.2) is 9.78 Å². The zero-order chi connectivity index (χ0) is 13.5. The van der Waals surface area contributed by atoms with Crippen molar-refractivity contribution in [1.82, 2.24) is 9.78 Å². The quantitative estimate of drug-likeness (QED) is 0.800. The summed E-state index contributed by atoms with van der Waals surface area (Å²) in [5.41, 5.74) is 3.71. The van der Waals surface area contributed by atoms with Gasteiger partial charge in [-0.15, -0.1) is 0 Å². The van der Waals surface area contributed by atoms with E-state index in [0.29, 0.717) is 0 Å². The molecule has 1 heterocycles. The number of aryl methyl sites for hydroxylation is 1. The lowest BCUT2D eigenvalue weighted by Gasteiger charge is -2.07. The lowest BCUT2D eigenvalue weighted by atomic mass is 10.0. The van der Waals surface area contributed by atoms with Crippen molar-refractivity contribution in [1.29, 1.82) is 0 Å². The molecule has 0 aliphatic carbocycles. The fourth-order valence-electron chi connectivity index (χ4n) is 1.66. The van der Waals surface area contributed by atoms with E-state index in [1.54, 1.807) is 0 Å². The van der Waals surface area contributed by atoms with Crippen LogP contribution in [0.4, 0.5) is 23.4 Å². The van der Waals surface area contributed by atoms with Gasteiger partial charge >= 0.3 is 6.18 Å². The van der Waals surface area contributed by atoms with Crippen LogP contribution in [-0.2, 0) is 13.2 Å². The van der Waals surface area contributed by atoms with Gasteiger partial charge in [-0.25, -0.2) is 4.39 Å². The Kier molecular flexibility index (Phi) is 2.76. The van der Waals surface area contributed by atoms with Gasteiger partial charge in [-0.2, -0.15) is 18.3 Å². The molecule has 18 heavy (non-hydrogen) atoms. The Morgan fingerprint density at radius 1 is 1.22 bits per heavy atom. The lowest BCUT2D eigenvalue weighted by molar-refractivity contribution is -0.140. The van der Waals surface area contributed by atoms with Gasteiger partial charge in [0.05, 0.1) is 5.56 Å². The van der Waals surface area contributed by atoms with E-state index >= 15 is 0 Å². The third kappa shape index (κ3) is 1.92. The molecule has 96 valence electrons. The maximum Gasteiger partial charge on any atom is 0.435 e. The number of hydrogen-bond acceptors (Lipinski definition) is 2. The van der Waals surface area contributed by atoms with Crippen LogP contribution in [0.3, 0.4) is 0 Å². The van der Waals surface area contributed by atoms with Crippen molar-refractivity contribution in [2.75, 3.05) is 5.73 Å². The molecular weight excluding hydrogens is 250 g/mol. The smallest absolute Gasteiger partial charge is 0.383 e. The van der Waals surface area contributed by atoms with E-state index in [2.05, 4.69) is 5.10 Å². The number of nitrogens with zero attached hydrogens (tertiary/aromatic N) is 2. The van der Waals surface area contributed by atoms with Crippen LogP contribution < -0.4 is 5.73 Å². The molecule has 1 aromatic carbocycles. The Morgan fingerprint density at radius 2 is 1.83 bits per heavy atom. The van der Waals surface area contributed by atoms with Crippen LogP contribution in [0.2, 0.25) is 0 Å². The zero-order valence-electron chi connectivity index (χ0n) is 9.29. The summed E-state index contributed by atoms with van der Waals surface area (Å²) in [7, 11) is 1.27. The number of anilines is 1. The zero-order valence-corrected chi connectivity index (χ0v) is 9.29. The molecular formula is C11H9F4N3. The van der Waals surface area contributed by atoms with Crippen molar-refractivity contribution < 1.29 is 17.6 Å². The first-order valence-corrected chi connectivity index (χ1v) is 4.97. The molecule has 2 rings (SSSR count). The molecule has 0 aliphatic heterocycles. The third-order valence-corrected chi connectivity index (χ3v) is 2.50. The van der Waals surface area contributed by atoms with E-state index in [1.807, 2.05) is 0 Å². The highest BCUT2D eigenvalue weighted by atomic mass is 19.4. The van der Waals surface area contributed by atoms with Gasteiger partial charge in [-0.1, -0.05) is 18.2 Å². The number of alkyl halides is 3. The molecule has 0 saturated heterocycles. The highest BCUT2D eigenvalue weighted by Crippen LogP contribution is 2.40. The molecule has 0 fully saturated rings. The summed E-state index contributed by atoms with van der Waals surface area (Å²) < 4.78 is 52.9. The van der Waals surface area contributed by atoms with Crippen molar-refractivity contribution in [3.63, 3.8) is 0 Å². The molecule has 0 amide bonds. The molecule has 0 aliphatic rings. The van der Waals surface area contributed by atoms with E-state index in [0.717, 1.165) is 10.7 Å². The van der Waals surface area contributed by atoms with Gasteiger partial charge in [0, 0.05) is 12.6 Å². The normalized spacial score (nSPS) is 11.8. The van der Waals surface area contributed by atoms with Crippen molar-refractivity contribution >= 4 is 5.82 Å². The van der Waals surface area contributed by atoms with Gasteiger partial charge in [-0.05, 0) is 6.07 Å². The molecule has 0 spiro atoms. The van der Waals surface area contributed by atoms with Gasteiger partial charge in [0.2, 0.25) is 0 Å². The molecule has 0 radical (unpaired) electrons. The topological polar surface area (TPSA) is 43.8 Å². The predicted molar refractivity (Wildman–Crippen MR) is 58.0 cm³/mol. The highest BCUT2D eigenvalue weighted by molar-refractivity contribution is 5.77. The van der Waals surface area contributed by atoms with E-state index in [9.17, 15) is 17.6 Å². The van der Waals surface area contributed by atoms with Crippen molar-refractivity contribution in [2.45, 2.75) is 6.18 Å². The molecule has 7 heteroatoms. The molecule has 2 aromatic rings. The molecule has 0 saturated carbocycles. The Balaban J connectivity index is 2.75. The first-order valence-electron chi connectivity index (χ1n) is 4.97. The van der Waals surface area contributed by atoms with Crippen LogP contribution in [0.25, 0.3) is 11.1 Å². The number of nitrogens with two attached hydrogens (primary N) is 1. The average Bonchev–Trinajstić information content (AvgIpc) is 2.57. The number of aromatic nitrogens is 2. The second kappa shape index (κ2) is 4.01. The van der Waals surface area contributed by atoms with E-state index in [1.165, 1.54) is 25.2 Å². The Bertz CT molecular complexity index is 586. The van der Waals surface area contributed by atoms with Crippen LogP contribution in [0.1, 0.15) is 5.69 Å². The number of halogens is 4. The van der Waals surface area contributed by atoms with Gasteiger partial charge in [0.15, 0.2) is 5.69 Å². The first-order chi connectivity index (χ1) is 8.32. The lowest BCUT2D eigenvalue weighted by Crippen LogP contribution is -2.08. The second-order valence-electron chi connectivity index (χ2n) is 3.71. The fraction of sp³-hybridized carbons (Fsp3) is 0.182. The Hall–Kier alpha value is -2.05. The monoisotopic (exact) mass is 259 g/mol. The summed E-state index contributed by atoms with van der Waals surface area (Å²) >= 11 is 0. The largest absolute Gasteiger partial charge is 0.435 e. The number of nitrogen functional groups attached to an aromatic ring is 1. The number of rotatable bonds is 1. The summed E-state index contributed by atoms with van der Waals surface area (Å²) in [5, 5.41) is 3.30. The van der Waals surface area contributed by atoms with Crippen molar-refractivity contribution in [3.05, 3.63) is 35.8 Å². The first kappa shape index (κ1) is 12.4. The molecule has 0 unspecified atom stereocenters. The fourth-order valence-corrected chi connectivity index (χ4v) is 1.66. The minimum atomic E-state index is -4.69. The maximum absolute atomic E-state index is 13.6. The number of benzene rings is 1. The summed E-state index contributed by atoms with van der Waals surface area (Å²) in [6, 6.07) is 5.13. The summed E-state index contributed by atoms with van der Waals surface area (Å²) in [6.45, 7) is 0.